The van der Waals surface area contributed by atoms with Crippen LogP contribution in [-0.2, 0) is 4.79 Å². The zero-order valence-electron chi connectivity index (χ0n) is 17.4. The number of nitrogens with one attached hydrogen (secondary N) is 1. The lowest BCUT2D eigenvalue weighted by molar-refractivity contribution is -0.115. The number of halogens is 1. The number of benzene rings is 2. The van der Waals surface area contributed by atoms with Crippen LogP contribution in [0.15, 0.2) is 47.6 Å². The van der Waals surface area contributed by atoms with Crippen LogP contribution >= 0.6 is 11.8 Å². The van der Waals surface area contributed by atoms with Crippen molar-refractivity contribution in [2.24, 2.45) is 0 Å². The first kappa shape index (κ1) is 20.3. The number of pyridine rings is 1. The molecule has 2 heterocycles. The lowest BCUT2D eigenvalue weighted by atomic mass is 10.0. The molecule has 1 N–H and O–H groups in total. The van der Waals surface area contributed by atoms with Gasteiger partial charge in [0.2, 0.25) is 5.91 Å². The van der Waals surface area contributed by atoms with Crippen LogP contribution in [0.2, 0.25) is 0 Å². The minimum atomic E-state index is -0.357. The lowest BCUT2D eigenvalue weighted by Gasteiger charge is -2.15. The van der Waals surface area contributed by atoms with Crippen molar-refractivity contribution in [3.05, 3.63) is 65.0 Å². The Morgan fingerprint density at radius 3 is 2.53 bits per heavy atom. The van der Waals surface area contributed by atoms with Crippen LogP contribution in [0.25, 0.3) is 16.6 Å². The number of thioether (sulfide) groups is 1. The third-order valence-corrected chi connectivity index (χ3v) is 6.43. The number of hydrogen-bond donors (Lipinski definition) is 1. The van der Waals surface area contributed by atoms with Crippen molar-refractivity contribution in [3.63, 3.8) is 0 Å². The Balaban J connectivity index is 1.71. The first-order valence-electron chi connectivity index (χ1n) is 9.86. The van der Waals surface area contributed by atoms with Crippen LogP contribution in [0.4, 0.5) is 10.1 Å². The molecule has 0 radical (unpaired) electrons. The number of amides is 1. The SMILES string of the molecule is CCC(Sc1nnc2cc(C)c3cc(C)cc(C)c3n12)C(=O)Nc1ccc(F)cc1. The van der Waals surface area contributed by atoms with Crippen molar-refractivity contribution in [2.45, 2.75) is 44.5 Å². The molecule has 0 saturated heterocycles. The highest BCUT2D eigenvalue weighted by Gasteiger charge is 2.22. The van der Waals surface area contributed by atoms with E-state index in [1.54, 1.807) is 12.1 Å². The van der Waals surface area contributed by atoms with Crippen molar-refractivity contribution in [1.29, 1.82) is 0 Å². The van der Waals surface area contributed by atoms with E-state index in [2.05, 4.69) is 48.4 Å². The fraction of sp³-hybridized carbons (Fsp3) is 0.261. The molecule has 2 aromatic carbocycles. The molecule has 7 heteroatoms. The number of aryl methyl sites for hydroxylation is 3. The number of fused-ring (bicyclic) bond motifs is 3. The third-order valence-electron chi connectivity index (χ3n) is 5.12. The normalized spacial score (nSPS) is 12.4. The van der Waals surface area contributed by atoms with Gasteiger partial charge in [0.1, 0.15) is 5.82 Å². The molecular weight excluding hydrogens is 399 g/mol. The summed E-state index contributed by atoms with van der Waals surface area (Å²) in [5.41, 5.74) is 5.90. The van der Waals surface area contributed by atoms with Crippen molar-refractivity contribution < 1.29 is 9.18 Å². The van der Waals surface area contributed by atoms with Gasteiger partial charge in [-0.05, 0) is 74.7 Å². The standard InChI is InChI=1S/C23H23FN4OS/c1-5-19(22(29)25-17-8-6-16(24)7-9-17)30-23-27-26-20-12-14(3)18-11-13(2)10-15(4)21(18)28(20)23/h6-12,19H,5H2,1-4H3,(H,25,29). The Kier molecular flexibility index (Phi) is 5.47. The van der Waals surface area contributed by atoms with Gasteiger partial charge in [-0.3, -0.25) is 9.20 Å². The summed E-state index contributed by atoms with van der Waals surface area (Å²) in [6, 6.07) is 12.1. The van der Waals surface area contributed by atoms with E-state index in [1.807, 2.05) is 17.4 Å². The van der Waals surface area contributed by atoms with Gasteiger partial charge < -0.3 is 5.32 Å². The molecule has 5 nitrogen and oxygen atoms in total. The maximum absolute atomic E-state index is 13.1. The topological polar surface area (TPSA) is 59.3 Å². The molecular formula is C23H23FN4OS. The van der Waals surface area contributed by atoms with Gasteiger partial charge in [0.15, 0.2) is 10.8 Å². The summed E-state index contributed by atoms with van der Waals surface area (Å²) in [6.07, 6.45) is 0.620. The summed E-state index contributed by atoms with van der Waals surface area (Å²) in [5.74, 6) is -0.480. The zero-order chi connectivity index (χ0) is 21.4. The predicted molar refractivity (Wildman–Crippen MR) is 120 cm³/mol. The van der Waals surface area contributed by atoms with Crippen molar-refractivity contribution in [3.8, 4) is 0 Å². The van der Waals surface area contributed by atoms with Crippen LogP contribution in [-0.4, -0.2) is 25.8 Å². The van der Waals surface area contributed by atoms with Crippen LogP contribution in [0.1, 0.15) is 30.0 Å². The van der Waals surface area contributed by atoms with Crippen molar-refractivity contribution in [2.75, 3.05) is 5.32 Å². The van der Waals surface area contributed by atoms with Crippen LogP contribution in [0.5, 0.6) is 0 Å². The number of carbonyl (C=O) groups excluding carboxylic acids is 1. The van der Waals surface area contributed by atoms with E-state index < -0.39 is 0 Å². The van der Waals surface area contributed by atoms with Gasteiger partial charge in [0.25, 0.3) is 0 Å². The largest absolute Gasteiger partial charge is 0.325 e. The summed E-state index contributed by atoms with van der Waals surface area (Å²) in [7, 11) is 0. The minimum absolute atomic E-state index is 0.144. The Bertz CT molecular complexity index is 1250. The fourth-order valence-electron chi connectivity index (χ4n) is 3.70. The lowest BCUT2D eigenvalue weighted by Crippen LogP contribution is -2.24. The highest BCUT2D eigenvalue weighted by Crippen LogP contribution is 2.31. The number of anilines is 1. The summed E-state index contributed by atoms with van der Waals surface area (Å²) in [5, 5.41) is 13.1. The van der Waals surface area contributed by atoms with E-state index in [1.165, 1.54) is 29.5 Å². The zero-order valence-corrected chi connectivity index (χ0v) is 18.2. The Morgan fingerprint density at radius 1 is 1.10 bits per heavy atom. The molecule has 1 atom stereocenters. The number of carbonyl (C=O) groups is 1. The Hall–Kier alpha value is -2.93. The van der Waals surface area contributed by atoms with Gasteiger partial charge in [-0.1, -0.05) is 30.3 Å². The highest BCUT2D eigenvalue weighted by atomic mass is 32.2. The monoisotopic (exact) mass is 422 g/mol. The van der Waals surface area contributed by atoms with Gasteiger partial charge in [-0.2, -0.15) is 0 Å². The first-order valence-corrected chi connectivity index (χ1v) is 10.7. The molecule has 30 heavy (non-hydrogen) atoms. The molecule has 0 spiro atoms. The van der Waals surface area contributed by atoms with Gasteiger partial charge >= 0.3 is 0 Å². The molecule has 0 saturated carbocycles. The number of rotatable bonds is 5. The third kappa shape index (κ3) is 3.77. The average molecular weight is 423 g/mol. The summed E-state index contributed by atoms with van der Waals surface area (Å²) >= 11 is 1.39. The van der Waals surface area contributed by atoms with Gasteiger partial charge in [0.05, 0.1) is 10.8 Å². The molecule has 154 valence electrons. The number of hydrogen-bond acceptors (Lipinski definition) is 4. The second-order valence-corrected chi connectivity index (χ2v) is 8.66. The quantitative estimate of drug-likeness (QED) is 0.434. The smallest absolute Gasteiger partial charge is 0.237 e. The summed E-state index contributed by atoms with van der Waals surface area (Å²) < 4.78 is 15.2. The van der Waals surface area contributed by atoms with Crippen LogP contribution < -0.4 is 5.32 Å². The molecule has 0 aliphatic carbocycles. The van der Waals surface area contributed by atoms with E-state index in [-0.39, 0.29) is 17.0 Å². The minimum Gasteiger partial charge on any atom is -0.325 e. The predicted octanol–water partition coefficient (Wildman–Crippen LogP) is 5.46. The second-order valence-electron chi connectivity index (χ2n) is 7.49. The molecule has 0 aliphatic rings. The average Bonchev–Trinajstić information content (AvgIpc) is 3.09. The molecule has 1 amide bonds. The van der Waals surface area contributed by atoms with E-state index in [9.17, 15) is 9.18 Å². The van der Waals surface area contributed by atoms with Crippen molar-refractivity contribution in [1.82, 2.24) is 14.6 Å². The Labute approximate surface area is 178 Å². The molecule has 4 aromatic rings. The maximum atomic E-state index is 13.1. The first-order chi connectivity index (χ1) is 14.4. The number of aromatic nitrogens is 3. The summed E-state index contributed by atoms with van der Waals surface area (Å²) in [6.45, 7) is 8.21. The molecule has 2 aromatic heterocycles. The highest BCUT2D eigenvalue weighted by molar-refractivity contribution is 8.00. The van der Waals surface area contributed by atoms with E-state index >= 15 is 0 Å². The van der Waals surface area contributed by atoms with E-state index in [0.717, 1.165) is 27.7 Å². The number of nitrogens with zero attached hydrogens (tertiary/aromatic N) is 3. The molecule has 0 aliphatic heterocycles. The van der Waals surface area contributed by atoms with Crippen LogP contribution in [0, 0.1) is 26.6 Å². The van der Waals surface area contributed by atoms with E-state index in [4.69, 9.17) is 0 Å². The second kappa shape index (κ2) is 8.07. The maximum Gasteiger partial charge on any atom is 0.237 e. The Morgan fingerprint density at radius 2 is 1.83 bits per heavy atom. The van der Waals surface area contributed by atoms with Gasteiger partial charge in [-0.15, -0.1) is 10.2 Å². The van der Waals surface area contributed by atoms with Gasteiger partial charge in [-0.25, -0.2) is 4.39 Å². The molecule has 0 bridgehead atoms. The van der Waals surface area contributed by atoms with Crippen molar-refractivity contribution >= 4 is 39.9 Å². The molecule has 1 unspecified atom stereocenters. The molecule has 4 rings (SSSR count). The molecule has 0 fully saturated rings. The van der Waals surface area contributed by atoms with Gasteiger partial charge in [0, 0.05) is 11.1 Å². The summed E-state index contributed by atoms with van der Waals surface area (Å²) in [4.78, 5) is 12.8. The fourth-order valence-corrected chi connectivity index (χ4v) is 4.66. The van der Waals surface area contributed by atoms with E-state index in [0.29, 0.717) is 17.3 Å². The van der Waals surface area contributed by atoms with Crippen LogP contribution in [0.3, 0.4) is 0 Å².